The number of rotatable bonds is 4. The molecule has 11 heteroatoms. The molecule has 0 bridgehead atoms. The van der Waals surface area contributed by atoms with E-state index < -0.39 is 11.2 Å². The van der Waals surface area contributed by atoms with Gasteiger partial charge in [0.15, 0.2) is 0 Å². The van der Waals surface area contributed by atoms with Crippen LogP contribution in [0.15, 0.2) is 29.2 Å². The number of carbonyl (C=O) groups is 2. The van der Waals surface area contributed by atoms with E-state index in [1.54, 1.807) is 24.3 Å². The lowest BCUT2D eigenvalue weighted by molar-refractivity contribution is -0.138. The third kappa shape index (κ3) is 3.92. The first-order valence-corrected chi connectivity index (χ1v) is 11.4. The van der Waals surface area contributed by atoms with Crippen molar-refractivity contribution in [3.8, 4) is 0 Å². The molecule has 1 aliphatic heterocycles. The van der Waals surface area contributed by atoms with Gasteiger partial charge in [0.25, 0.3) is 0 Å². The van der Waals surface area contributed by atoms with Crippen LogP contribution in [-0.4, -0.2) is 27.2 Å². The summed E-state index contributed by atoms with van der Waals surface area (Å²) in [6.45, 7) is 0.131. The van der Waals surface area contributed by atoms with Crippen molar-refractivity contribution in [1.29, 1.82) is 0 Å². The molecule has 4 rings (SSSR count). The van der Waals surface area contributed by atoms with Crippen molar-refractivity contribution in [2.45, 2.75) is 23.1 Å². The van der Waals surface area contributed by atoms with Crippen LogP contribution >= 0.6 is 69.5 Å². The number of carboxylic acid groups (broad SMARTS) is 1. The van der Waals surface area contributed by atoms with Gasteiger partial charge in [-0.3, -0.25) is 9.59 Å². The highest BCUT2D eigenvalue weighted by Crippen LogP contribution is 2.45. The first-order valence-electron chi connectivity index (χ1n) is 8.17. The summed E-state index contributed by atoms with van der Waals surface area (Å²) in [5, 5.41) is 10.5. The van der Waals surface area contributed by atoms with Gasteiger partial charge in [0.05, 0.1) is 53.6 Å². The van der Waals surface area contributed by atoms with Crippen molar-refractivity contribution in [3.05, 3.63) is 49.4 Å². The zero-order chi connectivity index (χ0) is 20.9. The summed E-state index contributed by atoms with van der Waals surface area (Å²) >= 11 is 27.4. The molecule has 0 saturated carbocycles. The highest BCUT2D eigenvalue weighted by Gasteiger charge is 2.36. The number of carboxylic acids is 1. The van der Waals surface area contributed by atoms with Crippen LogP contribution < -0.4 is 4.90 Å². The molecule has 0 saturated heterocycles. The monoisotopic (exact) mass is 506 g/mol. The Morgan fingerprint density at radius 3 is 2.66 bits per heavy atom. The van der Waals surface area contributed by atoms with Crippen LogP contribution in [0, 0.1) is 0 Å². The van der Waals surface area contributed by atoms with E-state index in [9.17, 15) is 14.7 Å². The molecule has 5 nitrogen and oxygen atoms in total. The molecule has 29 heavy (non-hydrogen) atoms. The topological polar surface area (TPSA) is 70.5 Å². The van der Waals surface area contributed by atoms with Crippen molar-refractivity contribution in [1.82, 2.24) is 4.98 Å². The minimum atomic E-state index is -1.06. The average molecular weight is 508 g/mol. The van der Waals surface area contributed by atoms with Crippen molar-refractivity contribution in [2.75, 3.05) is 4.90 Å². The van der Waals surface area contributed by atoms with Gasteiger partial charge < -0.3 is 10.0 Å². The Morgan fingerprint density at radius 1 is 1.17 bits per heavy atom. The molecule has 1 N–H and O–H groups in total. The lowest BCUT2D eigenvalue weighted by atomic mass is 10.2. The summed E-state index contributed by atoms with van der Waals surface area (Å²) in [7, 11) is 0. The lowest BCUT2D eigenvalue weighted by Gasteiger charge is -2.33. The summed E-state index contributed by atoms with van der Waals surface area (Å²) in [4.78, 5) is 31.0. The fourth-order valence-corrected chi connectivity index (χ4v) is 6.30. The maximum Gasteiger partial charge on any atom is 0.305 e. The molecule has 2 aromatic carbocycles. The molecule has 0 aliphatic carbocycles. The van der Waals surface area contributed by atoms with E-state index in [4.69, 9.17) is 46.4 Å². The van der Waals surface area contributed by atoms with Gasteiger partial charge in [-0.05, 0) is 18.2 Å². The Bertz CT molecular complexity index is 1170. The lowest BCUT2D eigenvalue weighted by Crippen LogP contribution is -2.41. The molecule has 1 atom stereocenters. The second-order valence-electron chi connectivity index (χ2n) is 6.16. The maximum atomic E-state index is 13.0. The molecule has 0 radical (unpaired) electrons. The third-order valence-corrected chi connectivity index (χ3v) is 8.26. The normalized spacial score (nSPS) is 16.3. The minimum Gasteiger partial charge on any atom is -0.481 e. The Kier molecular flexibility index (Phi) is 5.90. The largest absolute Gasteiger partial charge is 0.481 e. The Labute approximate surface area is 193 Å². The van der Waals surface area contributed by atoms with E-state index in [1.807, 2.05) is 0 Å². The maximum absolute atomic E-state index is 13.0. The van der Waals surface area contributed by atoms with Gasteiger partial charge in [0, 0.05) is 0 Å². The van der Waals surface area contributed by atoms with Gasteiger partial charge in [0.2, 0.25) is 5.91 Å². The van der Waals surface area contributed by atoms with E-state index in [1.165, 1.54) is 28.0 Å². The smallest absolute Gasteiger partial charge is 0.305 e. The van der Waals surface area contributed by atoms with Crippen LogP contribution in [0.2, 0.25) is 20.1 Å². The number of hydrogen-bond acceptors (Lipinski definition) is 5. The standard InChI is InChI=1S/C18H10Cl4N2O3S2/c19-7-2-1-3-10-16(7)28-11(5-13(25)26)18(27)24(10)6-12-23-15-14(22)8(20)4-9(21)17(15)29-12/h1-4,11H,5-6H2,(H,25,26). The quantitative estimate of drug-likeness (QED) is 0.414. The number of fused-ring (bicyclic) bond motifs is 2. The Hall–Kier alpha value is -1.22. The summed E-state index contributed by atoms with van der Waals surface area (Å²) < 4.78 is 0.670. The number of nitrogens with zero attached hydrogens (tertiary/aromatic N) is 2. The van der Waals surface area contributed by atoms with E-state index in [2.05, 4.69) is 4.98 Å². The van der Waals surface area contributed by atoms with Gasteiger partial charge >= 0.3 is 5.97 Å². The number of amides is 1. The number of halogens is 4. The summed E-state index contributed by atoms with van der Waals surface area (Å²) in [5.41, 5.74) is 1.08. The van der Waals surface area contributed by atoms with Crippen LogP contribution in [0.1, 0.15) is 11.4 Å². The molecular formula is C18H10Cl4N2O3S2. The van der Waals surface area contributed by atoms with Gasteiger partial charge in [0.1, 0.15) is 10.5 Å². The molecule has 0 fully saturated rings. The zero-order valence-electron chi connectivity index (χ0n) is 14.3. The molecule has 1 unspecified atom stereocenters. The predicted octanol–water partition coefficient (Wildman–Crippen LogP) is 6.39. The molecule has 3 aromatic rings. The van der Waals surface area contributed by atoms with E-state index in [0.29, 0.717) is 45.9 Å². The summed E-state index contributed by atoms with van der Waals surface area (Å²) in [5.74, 6) is -1.37. The van der Waals surface area contributed by atoms with Crippen LogP contribution in [0.5, 0.6) is 0 Å². The average Bonchev–Trinajstić information content (AvgIpc) is 3.08. The molecular weight excluding hydrogens is 498 g/mol. The molecule has 150 valence electrons. The number of aromatic nitrogens is 1. The van der Waals surface area contributed by atoms with Crippen LogP contribution in [0.4, 0.5) is 5.69 Å². The van der Waals surface area contributed by atoms with E-state index in [0.717, 1.165) is 0 Å². The Morgan fingerprint density at radius 2 is 1.93 bits per heavy atom. The van der Waals surface area contributed by atoms with Gasteiger partial charge in [-0.15, -0.1) is 23.1 Å². The first kappa shape index (κ1) is 21.0. The third-order valence-electron chi connectivity index (χ3n) is 4.25. The second-order valence-corrected chi connectivity index (χ2v) is 10.1. The van der Waals surface area contributed by atoms with E-state index >= 15 is 0 Å². The predicted molar refractivity (Wildman–Crippen MR) is 119 cm³/mol. The van der Waals surface area contributed by atoms with Gasteiger partial charge in [-0.2, -0.15) is 0 Å². The fourth-order valence-electron chi connectivity index (χ4n) is 2.99. The van der Waals surface area contributed by atoms with Crippen LogP contribution in [-0.2, 0) is 16.1 Å². The Balaban J connectivity index is 1.77. The number of carbonyl (C=O) groups excluding carboxylic acids is 1. The van der Waals surface area contributed by atoms with Crippen molar-refractivity contribution < 1.29 is 14.7 Å². The fraction of sp³-hybridized carbons (Fsp3) is 0.167. The van der Waals surface area contributed by atoms with Crippen molar-refractivity contribution in [3.63, 3.8) is 0 Å². The molecule has 1 aliphatic rings. The first-order chi connectivity index (χ1) is 13.8. The molecule has 1 amide bonds. The van der Waals surface area contributed by atoms with Crippen LogP contribution in [0.25, 0.3) is 10.2 Å². The summed E-state index contributed by atoms with van der Waals surface area (Å²) in [6, 6.07) is 6.77. The number of anilines is 1. The number of thiazole rings is 1. The molecule has 1 aromatic heterocycles. The van der Waals surface area contributed by atoms with Crippen LogP contribution in [0.3, 0.4) is 0 Å². The number of aliphatic carboxylic acids is 1. The second kappa shape index (κ2) is 8.13. The van der Waals surface area contributed by atoms with E-state index in [-0.39, 0.29) is 18.9 Å². The van der Waals surface area contributed by atoms with Gasteiger partial charge in [-0.25, -0.2) is 4.98 Å². The molecule has 0 spiro atoms. The zero-order valence-corrected chi connectivity index (χ0v) is 18.9. The van der Waals surface area contributed by atoms with Crippen molar-refractivity contribution >= 4 is 97.3 Å². The number of hydrogen-bond donors (Lipinski definition) is 1. The highest BCUT2D eigenvalue weighted by atomic mass is 35.5. The SMILES string of the molecule is O=C(O)CC1Sc2c(Cl)cccc2N(Cc2nc3c(Cl)c(Cl)cc(Cl)c3s2)C1=O. The number of thioether (sulfide) groups is 1. The number of benzene rings is 2. The molecule has 2 heterocycles. The van der Waals surface area contributed by atoms with Crippen molar-refractivity contribution in [2.24, 2.45) is 0 Å². The minimum absolute atomic E-state index is 0.131. The summed E-state index contributed by atoms with van der Waals surface area (Å²) in [6.07, 6.45) is -0.308. The van der Waals surface area contributed by atoms with Gasteiger partial charge in [-0.1, -0.05) is 52.5 Å². The highest BCUT2D eigenvalue weighted by molar-refractivity contribution is 8.01.